The Morgan fingerprint density at radius 1 is 0.974 bits per heavy atom. The quantitative estimate of drug-likeness (QED) is 0.491. The Balaban J connectivity index is 0.00000371. The lowest BCUT2D eigenvalue weighted by molar-refractivity contribution is -0.236. The second-order valence-electron chi connectivity index (χ2n) is 12.2. The fraction of sp³-hybridized carbons (Fsp3) is 0.839. The third-order valence-electron chi connectivity index (χ3n) is 8.23. The fourth-order valence-corrected chi connectivity index (χ4v) is 5.68. The van der Waals surface area contributed by atoms with Crippen molar-refractivity contribution in [2.45, 2.75) is 131 Å². The lowest BCUT2D eigenvalue weighted by Gasteiger charge is -2.40. The van der Waals surface area contributed by atoms with Crippen molar-refractivity contribution in [2.75, 3.05) is 14.1 Å². The molecule has 2 aliphatic heterocycles. The molecule has 2 N–H and O–H groups in total. The zero-order valence-electron chi connectivity index (χ0n) is 26.6. The maximum absolute atomic E-state index is 13.5. The van der Waals surface area contributed by atoms with E-state index in [2.05, 4.69) is 19.0 Å². The van der Waals surface area contributed by atoms with Crippen LogP contribution in [0.3, 0.4) is 0 Å². The molecule has 0 saturated carbocycles. The van der Waals surface area contributed by atoms with Gasteiger partial charge >= 0.3 is 5.97 Å². The summed E-state index contributed by atoms with van der Waals surface area (Å²) in [5.41, 5.74) is 5.95. The van der Waals surface area contributed by atoms with Crippen LogP contribution in [0.5, 0.6) is 0 Å². The van der Waals surface area contributed by atoms with E-state index in [0.29, 0.717) is 24.5 Å². The molecule has 2 aliphatic rings. The van der Waals surface area contributed by atoms with Gasteiger partial charge in [0.05, 0.1) is 24.2 Å². The van der Waals surface area contributed by atoms with Crippen molar-refractivity contribution in [3.05, 3.63) is 11.6 Å². The predicted molar refractivity (Wildman–Crippen MR) is 155 cm³/mol. The Morgan fingerprint density at radius 2 is 1.56 bits per heavy atom. The molecule has 8 heteroatoms. The second-order valence-corrected chi connectivity index (χ2v) is 12.2. The first-order valence-electron chi connectivity index (χ1n) is 14.8. The van der Waals surface area contributed by atoms with Crippen molar-refractivity contribution in [3.8, 4) is 0 Å². The molecule has 0 spiro atoms. The van der Waals surface area contributed by atoms with Crippen molar-refractivity contribution in [1.82, 2.24) is 4.90 Å². The van der Waals surface area contributed by atoms with Crippen LogP contribution >= 0.6 is 0 Å². The highest BCUT2D eigenvalue weighted by molar-refractivity contribution is 5.96. The van der Waals surface area contributed by atoms with Crippen LogP contribution in [-0.2, 0) is 28.6 Å². The van der Waals surface area contributed by atoms with Crippen LogP contribution in [0, 0.1) is 23.7 Å². The van der Waals surface area contributed by atoms with Gasteiger partial charge in [0.25, 0.3) is 0 Å². The van der Waals surface area contributed by atoms with Gasteiger partial charge < -0.3 is 24.8 Å². The summed E-state index contributed by atoms with van der Waals surface area (Å²) in [7, 11) is 4.10. The first-order chi connectivity index (χ1) is 18.0. The van der Waals surface area contributed by atoms with Crippen LogP contribution in [0.4, 0.5) is 0 Å². The number of Topliss-reactive ketones (excluding diaryl/α,β-unsaturated/α-hetero) is 2. The largest absolute Gasteiger partial charge is 0.460 e. The maximum atomic E-state index is 13.5. The number of carbonyl (C=O) groups excluding carboxylic acids is 3. The number of nitrogens with two attached hydrogens (primary N) is 1. The molecule has 0 bridgehead atoms. The molecule has 1 saturated heterocycles. The number of carbonyl (C=O) groups is 3. The summed E-state index contributed by atoms with van der Waals surface area (Å²) in [6.45, 7) is 18.8. The molecule has 0 aromatic heterocycles. The molecule has 0 aromatic rings. The van der Waals surface area contributed by atoms with E-state index >= 15 is 0 Å². The number of allylic oxidation sites excluding steroid dienone is 1. The van der Waals surface area contributed by atoms with E-state index in [1.54, 1.807) is 33.8 Å². The van der Waals surface area contributed by atoms with E-state index < -0.39 is 41.8 Å². The standard InChI is InChI=1S/C29H50N2O6.C2H6/c1-16-11-18(3)28(37-25-14-23(31(9)10)13-20(5)35-25)21(6)27(34)17(2)12-24(32)36-22(7)29(8,30)15-19(4)26(16)33;1-2/h15-18,20-23,25,28H,11-14,30H2,1-10H3;1-2H3/b19-15+;/t16-,17+,18+,20-,21+,22-,23+,25+,28+,29+;/m1./s1. The Labute approximate surface area is 237 Å². The Hall–Kier alpha value is -1.61. The van der Waals surface area contributed by atoms with Crippen LogP contribution in [0.15, 0.2) is 11.6 Å². The van der Waals surface area contributed by atoms with E-state index in [0.717, 1.165) is 6.42 Å². The van der Waals surface area contributed by atoms with Gasteiger partial charge in [-0.1, -0.05) is 47.6 Å². The van der Waals surface area contributed by atoms with Gasteiger partial charge in [0.15, 0.2) is 12.1 Å². The number of hydrogen-bond donors (Lipinski definition) is 1. The normalized spacial score (nSPS) is 40.9. The van der Waals surface area contributed by atoms with Crippen LogP contribution < -0.4 is 5.73 Å². The summed E-state index contributed by atoms with van der Waals surface area (Å²) >= 11 is 0. The van der Waals surface area contributed by atoms with Gasteiger partial charge in [0.2, 0.25) is 0 Å². The molecular weight excluding hydrogens is 496 g/mol. The van der Waals surface area contributed by atoms with E-state index in [4.69, 9.17) is 19.9 Å². The molecule has 0 unspecified atom stereocenters. The Morgan fingerprint density at radius 3 is 2.13 bits per heavy atom. The minimum absolute atomic E-state index is 0.0155. The summed E-state index contributed by atoms with van der Waals surface area (Å²) in [6, 6.07) is 0.312. The highest BCUT2D eigenvalue weighted by Crippen LogP contribution is 2.32. The summed E-state index contributed by atoms with van der Waals surface area (Å²) in [5.74, 6) is -1.99. The molecule has 2 rings (SSSR count). The zero-order valence-corrected chi connectivity index (χ0v) is 26.6. The molecule has 0 aliphatic carbocycles. The van der Waals surface area contributed by atoms with Crippen molar-refractivity contribution in [3.63, 3.8) is 0 Å². The fourth-order valence-electron chi connectivity index (χ4n) is 5.68. The topological polar surface area (TPSA) is 108 Å². The number of hydrogen-bond acceptors (Lipinski definition) is 8. The lowest BCUT2D eigenvalue weighted by atomic mass is 9.80. The molecular formula is C31H56N2O6. The Bertz CT molecular complexity index is 854. The van der Waals surface area contributed by atoms with Crippen LogP contribution in [0.1, 0.15) is 94.9 Å². The zero-order chi connectivity index (χ0) is 30.2. The number of esters is 1. The van der Waals surface area contributed by atoms with Crippen LogP contribution in [0.25, 0.3) is 0 Å². The minimum Gasteiger partial charge on any atom is -0.460 e. The average molecular weight is 553 g/mol. The average Bonchev–Trinajstić information content (AvgIpc) is 2.85. The van der Waals surface area contributed by atoms with Crippen LogP contribution in [-0.4, -0.2) is 72.7 Å². The van der Waals surface area contributed by atoms with Gasteiger partial charge in [0.1, 0.15) is 11.9 Å². The van der Waals surface area contributed by atoms with Gasteiger partial charge in [-0.25, -0.2) is 0 Å². The van der Waals surface area contributed by atoms with Crippen molar-refractivity contribution < 1.29 is 28.6 Å². The van der Waals surface area contributed by atoms with Crippen molar-refractivity contribution in [1.29, 1.82) is 0 Å². The van der Waals surface area contributed by atoms with Crippen molar-refractivity contribution >= 4 is 17.5 Å². The molecule has 0 aromatic carbocycles. The minimum atomic E-state index is -1.02. The summed E-state index contributed by atoms with van der Waals surface area (Å²) in [4.78, 5) is 41.7. The highest BCUT2D eigenvalue weighted by Gasteiger charge is 2.39. The predicted octanol–water partition coefficient (Wildman–Crippen LogP) is 4.92. The van der Waals surface area contributed by atoms with E-state index in [1.165, 1.54) is 0 Å². The first kappa shape index (κ1) is 35.4. The molecule has 39 heavy (non-hydrogen) atoms. The maximum Gasteiger partial charge on any atom is 0.306 e. The van der Waals surface area contributed by atoms with E-state index in [1.807, 2.05) is 41.5 Å². The van der Waals surface area contributed by atoms with Crippen molar-refractivity contribution in [2.24, 2.45) is 29.4 Å². The summed E-state index contributed by atoms with van der Waals surface area (Å²) in [5, 5.41) is 0. The number of ether oxygens (including phenoxy) is 3. The monoisotopic (exact) mass is 552 g/mol. The molecule has 0 radical (unpaired) electrons. The molecule has 1 fully saturated rings. The van der Waals surface area contributed by atoms with E-state index in [9.17, 15) is 14.4 Å². The Kier molecular flexibility index (Phi) is 14.0. The number of cyclic esters (lactones) is 1. The number of rotatable bonds is 3. The van der Waals surface area contributed by atoms with Gasteiger partial charge in [0, 0.05) is 30.2 Å². The highest BCUT2D eigenvalue weighted by atomic mass is 16.7. The molecule has 2 heterocycles. The number of nitrogens with zero attached hydrogens (tertiary/aromatic N) is 1. The molecule has 10 atom stereocenters. The smallest absolute Gasteiger partial charge is 0.306 e. The van der Waals surface area contributed by atoms with Gasteiger partial charge in [-0.15, -0.1) is 0 Å². The lowest BCUT2D eigenvalue weighted by Crippen LogP contribution is -2.47. The molecule has 0 amide bonds. The van der Waals surface area contributed by atoms with Crippen LogP contribution in [0.2, 0.25) is 0 Å². The third kappa shape index (κ3) is 10.1. The third-order valence-corrected chi connectivity index (χ3v) is 8.23. The second kappa shape index (κ2) is 15.4. The van der Waals surface area contributed by atoms with E-state index in [-0.39, 0.29) is 35.9 Å². The number of ketones is 2. The molecule has 8 nitrogen and oxygen atoms in total. The van der Waals surface area contributed by atoms with Gasteiger partial charge in [-0.2, -0.15) is 0 Å². The summed E-state index contributed by atoms with van der Waals surface area (Å²) < 4.78 is 18.3. The molecule has 226 valence electrons. The summed E-state index contributed by atoms with van der Waals surface area (Å²) in [6.07, 6.45) is 2.27. The SMILES string of the molecule is C/C1=C\[C@](C)(N)[C@@H](C)OC(=O)C[C@H](C)C(=O)[C@H](C)[C@@H](O[C@H]2C[C@@H](N(C)C)C[C@@H](C)O2)[C@@H](C)C[C@@H](C)C1=O.CC. The first-order valence-corrected chi connectivity index (χ1v) is 14.8. The van der Waals surface area contributed by atoms with Gasteiger partial charge in [-0.3, -0.25) is 14.4 Å². The van der Waals surface area contributed by atoms with Gasteiger partial charge in [-0.05, 0) is 66.1 Å².